The predicted octanol–water partition coefficient (Wildman–Crippen LogP) is 1.88. The Labute approximate surface area is 138 Å². The van der Waals surface area contributed by atoms with Crippen LogP contribution < -0.4 is 5.73 Å². The fourth-order valence-electron chi connectivity index (χ4n) is 2.20. The zero-order valence-electron chi connectivity index (χ0n) is 11.9. The molecule has 1 saturated heterocycles. The first-order chi connectivity index (χ1) is 9.29. The largest absolute Gasteiger partial charge is 0.370 e. The minimum absolute atomic E-state index is 0. The van der Waals surface area contributed by atoms with Gasteiger partial charge in [0.2, 0.25) is 0 Å². The molecule has 0 spiro atoms. The molecule has 1 fully saturated rings. The Kier molecular flexibility index (Phi) is 7.61. The van der Waals surface area contributed by atoms with Crippen molar-refractivity contribution in [1.82, 2.24) is 9.80 Å². The second-order valence-corrected chi connectivity index (χ2v) is 4.68. The summed E-state index contributed by atoms with van der Waals surface area (Å²) in [5, 5.41) is 0. The van der Waals surface area contributed by atoms with Crippen molar-refractivity contribution in [2.45, 2.75) is 0 Å². The van der Waals surface area contributed by atoms with E-state index in [9.17, 15) is 0 Å². The van der Waals surface area contributed by atoms with E-state index in [-0.39, 0.29) is 24.0 Å². The van der Waals surface area contributed by atoms with Gasteiger partial charge in [-0.3, -0.25) is 9.89 Å². The predicted molar refractivity (Wildman–Crippen MR) is 96.5 cm³/mol. The van der Waals surface area contributed by atoms with E-state index >= 15 is 0 Å². The van der Waals surface area contributed by atoms with E-state index < -0.39 is 0 Å². The van der Waals surface area contributed by atoms with Crippen molar-refractivity contribution >= 4 is 36.0 Å². The Hall–Kier alpha value is -1.08. The first-order valence-corrected chi connectivity index (χ1v) is 6.71. The number of piperazine rings is 1. The molecule has 0 atom stereocenters. The van der Waals surface area contributed by atoms with Crippen molar-refractivity contribution in [1.29, 1.82) is 0 Å². The molecule has 1 aromatic rings. The van der Waals surface area contributed by atoms with Crippen LogP contribution in [-0.2, 0) is 0 Å². The molecule has 1 aromatic carbocycles. The van der Waals surface area contributed by atoms with Crippen LogP contribution >= 0.6 is 24.0 Å². The average molecular weight is 386 g/mol. The van der Waals surface area contributed by atoms with Crippen LogP contribution in [0.25, 0.3) is 6.08 Å². The zero-order chi connectivity index (χ0) is 13.5. The van der Waals surface area contributed by atoms with Crippen molar-refractivity contribution in [2.24, 2.45) is 10.7 Å². The topological polar surface area (TPSA) is 44.9 Å². The maximum absolute atomic E-state index is 5.81. The van der Waals surface area contributed by atoms with Crippen LogP contribution in [0.2, 0.25) is 0 Å². The van der Waals surface area contributed by atoms with E-state index in [1.54, 1.807) is 7.05 Å². The van der Waals surface area contributed by atoms with Gasteiger partial charge in [0.1, 0.15) is 0 Å². The van der Waals surface area contributed by atoms with Gasteiger partial charge >= 0.3 is 0 Å². The fourth-order valence-corrected chi connectivity index (χ4v) is 2.20. The summed E-state index contributed by atoms with van der Waals surface area (Å²) in [6.45, 7) is 4.99. The van der Waals surface area contributed by atoms with Crippen molar-refractivity contribution in [2.75, 3.05) is 39.8 Å². The van der Waals surface area contributed by atoms with Gasteiger partial charge in [-0.2, -0.15) is 0 Å². The zero-order valence-corrected chi connectivity index (χ0v) is 14.2. The summed E-state index contributed by atoms with van der Waals surface area (Å²) in [6, 6.07) is 10.4. The standard InChI is InChI=1S/C15H22N4.HI/c1-17-15(16)19-12-10-18(11-13-19)9-5-8-14-6-3-2-4-7-14;/h2-8H,9-13H2,1H3,(H2,16,17);1H. The van der Waals surface area contributed by atoms with Crippen molar-refractivity contribution in [3.05, 3.63) is 42.0 Å². The number of benzene rings is 1. The highest BCUT2D eigenvalue weighted by atomic mass is 127. The van der Waals surface area contributed by atoms with Crippen molar-refractivity contribution < 1.29 is 0 Å². The van der Waals surface area contributed by atoms with Crippen LogP contribution in [-0.4, -0.2) is 55.5 Å². The molecule has 0 saturated carbocycles. The third-order valence-corrected chi connectivity index (χ3v) is 3.40. The average Bonchev–Trinajstić information content (AvgIpc) is 2.48. The maximum Gasteiger partial charge on any atom is 0.191 e. The monoisotopic (exact) mass is 386 g/mol. The minimum Gasteiger partial charge on any atom is -0.370 e. The molecule has 0 aromatic heterocycles. The number of halogens is 1. The van der Waals surface area contributed by atoms with Crippen LogP contribution in [0.15, 0.2) is 41.4 Å². The molecular weight excluding hydrogens is 363 g/mol. The van der Waals surface area contributed by atoms with E-state index in [4.69, 9.17) is 5.73 Å². The van der Waals surface area contributed by atoms with Gasteiger partial charge in [0, 0.05) is 39.8 Å². The van der Waals surface area contributed by atoms with Gasteiger partial charge in [-0.25, -0.2) is 0 Å². The molecule has 4 nitrogen and oxygen atoms in total. The molecule has 20 heavy (non-hydrogen) atoms. The molecule has 5 heteroatoms. The quantitative estimate of drug-likeness (QED) is 0.490. The van der Waals surface area contributed by atoms with E-state index in [0.717, 1.165) is 32.7 Å². The number of nitrogens with two attached hydrogens (primary N) is 1. The van der Waals surface area contributed by atoms with E-state index in [1.165, 1.54) is 5.56 Å². The molecule has 0 amide bonds. The van der Waals surface area contributed by atoms with Gasteiger partial charge in [-0.1, -0.05) is 42.5 Å². The first-order valence-electron chi connectivity index (χ1n) is 6.71. The third-order valence-electron chi connectivity index (χ3n) is 3.40. The Bertz CT molecular complexity index is 436. The minimum atomic E-state index is 0. The van der Waals surface area contributed by atoms with Gasteiger partial charge in [0.25, 0.3) is 0 Å². The Morgan fingerprint density at radius 3 is 2.45 bits per heavy atom. The summed E-state index contributed by atoms with van der Waals surface area (Å²) in [4.78, 5) is 8.59. The SMILES string of the molecule is CN=C(N)N1CCN(CC=Cc2ccccc2)CC1.I. The first kappa shape index (κ1) is 17.0. The molecule has 1 aliphatic rings. The molecule has 0 bridgehead atoms. The summed E-state index contributed by atoms with van der Waals surface area (Å²) >= 11 is 0. The lowest BCUT2D eigenvalue weighted by molar-refractivity contribution is 0.197. The molecule has 0 radical (unpaired) electrons. The lowest BCUT2D eigenvalue weighted by Crippen LogP contribution is -2.50. The smallest absolute Gasteiger partial charge is 0.191 e. The number of hydrogen-bond donors (Lipinski definition) is 1. The lowest BCUT2D eigenvalue weighted by Gasteiger charge is -2.34. The Morgan fingerprint density at radius 1 is 1.20 bits per heavy atom. The van der Waals surface area contributed by atoms with Gasteiger partial charge in [-0.05, 0) is 5.56 Å². The number of aliphatic imine (C=N–C) groups is 1. The maximum atomic E-state index is 5.81. The second kappa shape index (κ2) is 8.97. The summed E-state index contributed by atoms with van der Waals surface area (Å²) in [7, 11) is 1.74. The molecule has 2 N–H and O–H groups in total. The third kappa shape index (κ3) is 5.13. The molecule has 2 rings (SSSR count). The van der Waals surface area contributed by atoms with Crippen LogP contribution in [0, 0.1) is 0 Å². The lowest BCUT2D eigenvalue weighted by atomic mass is 10.2. The van der Waals surface area contributed by atoms with E-state index in [0.29, 0.717) is 5.96 Å². The number of rotatable bonds is 3. The highest BCUT2D eigenvalue weighted by molar-refractivity contribution is 14.0. The van der Waals surface area contributed by atoms with Crippen LogP contribution in [0.4, 0.5) is 0 Å². The second-order valence-electron chi connectivity index (χ2n) is 4.68. The summed E-state index contributed by atoms with van der Waals surface area (Å²) in [5.41, 5.74) is 7.07. The van der Waals surface area contributed by atoms with Gasteiger partial charge in [0.15, 0.2) is 5.96 Å². The van der Waals surface area contributed by atoms with Gasteiger partial charge in [0.05, 0.1) is 0 Å². The molecule has 0 unspecified atom stereocenters. The molecule has 0 aliphatic carbocycles. The van der Waals surface area contributed by atoms with Gasteiger partial charge in [-0.15, -0.1) is 24.0 Å². The van der Waals surface area contributed by atoms with Gasteiger partial charge < -0.3 is 10.6 Å². The normalized spacial score (nSPS) is 17.2. The van der Waals surface area contributed by atoms with Crippen LogP contribution in [0.5, 0.6) is 0 Å². The van der Waals surface area contributed by atoms with Crippen molar-refractivity contribution in [3.63, 3.8) is 0 Å². The van der Waals surface area contributed by atoms with E-state index in [1.807, 2.05) is 6.07 Å². The Balaban J connectivity index is 0.00000200. The number of hydrogen-bond acceptors (Lipinski definition) is 2. The van der Waals surface area contributed by atoms with Crippen molar-refractivity contribution in [3.8, 4) is 0 Å². The Morgan fingerprint density at radius 2 is 1.85 bits per heavy atom. The van der Waals surface area contributed by atoms with E-state index in [2.05, 4.69) is 51.2 Å². The summed E-state index contributed by atoms with van der Waals surface area (Å²) < 4.78 is 0. The molecule has 110 valence electrons. The summed E-state index contributed by atoms with van der Waals surface area (Å²) in [5.74, 6) is 0.652. The number of guanidine groups is 1. The number of nitrogens with zero attached hydrogens (tertiary/aromatic N) is 3. The van der Waals surface area contributed by atoms with Crippen LogP contribution in [0.3, 0.4) is 0 Å². The summed E-state index contributed by atoms with van der Waals surface area (Å²) in [6.07, 6.45) is 4.40. The highest BCUT2D eigenvalue weighted by Crippen LogP contribution is 2.04. The molecular formula is C15H23IN4. The molecule has 1 heterocycles. The van der Waals surface area contributed by atoms with Crippen LogP contribution in [0.1, 0.15) is 5.56 Å². The molecule has 1 aliphatic heterocycles. The fraction of sp³-hybridized carbons (Fsp3) is 0.400. The highest BCUT2D eigenvalue weighted by Gasteiger charge is 2.16.